The largest absolute Gasteiger partial charge is 0.444 e. The van der Waals surface area contributed by atoms with E-state index >= 15 is 0 Å². The van der Waals surface area contributed by atoms with Gasteiger partial charge in [-0.15, -0.1) is 0 Å². The van der Waals surface area contributed by atoms with E-state index in [0.717, 1.165) is 43.2 Å². The van der Waals surface area contributed by atoms with Crippen molar-refractivity contribution >= 4 is 23.7 Å². The van der Waals surface area contributed by atoms with Crippen LogP contribution in [-0.4, -0.2) is 96.8 Å². The van der Waals surface area contributed by atoms with Gasteiger partial charge < -0.3 is 25.6 Å². The lowest BCUT2D eigenvalue weighted by atomic mass is 10.0. The lowest BCUT2D eigenvalue weighted by Crippen LogP contribution is -2.56. The topological polar surface area (TPSA) is 125 Å². The summed E-state index contributed by atoms with van der Waals surface area (Å²) in [4.78, 5) is 57.4. The van der Waals surface area contributed by atoms with Crippen molar-refractivity contribution in [1.29, 1.82) is 0 Å². The number of carbonyl (C=O) groups is 4. The zero-order valence-electron chi connectivity index (χ0n) is 22.7. The van der Waals surface area contributed by atoms with Gasteiger partial charge in [-0.25, -0.2) is 9.69 Å². The third-order valence-corrected chi connectivity index (χ3v) is 6.44. The Morgan fingerprint density at radius 3 is 2.32 bits per heavy atom. The molecule has 3 amide bonds. The van der Waals surface area contributed by atoms with E-state index in [2.05, 4.69) is 22.2 Å². The van der Waals surface area contributed by atoms with Crippen LogP contribution in [-0.2, 0) is 25.7 Å². The van der Waals surface area contributed by atoms with Gasteiger partial charge in [0.1, 0.15) is 12.6 Å². The first kappa shape index (κ1) is 30.4. The van der Waals surface area contributed by atoms with E-state index in [0.29, 0.717) is 19.4 Å². The van der Waals surface area contributed by atoms with E-state index in [1.807, 2.05) is 19.9 Å². The van der Waals surface area contributed by atoms with Gasteiger partial charge in [-0.1, -0.05) is 51.1 Å². The number of imide groups is 1. The van der Waals surface area contributed by atoms with E-state index in [4.69, 9.17) is 10.5 Å². The monoisotopic (exact) mass is 517 g/mol. The van der Waals surface area contributed by atoms with E-state index in [1.54, 1.807) is 31.2 Å². The van der Waals surface area contributed by atoms with E-state index in [1.165, 1.54) is 0 Å². The van der Waals surface area contributed by atoms with Crippen LogP contribution in [0.25, 0.3) is 0 Å². The third kappa shape index (κ3) is 9.87. The molecule has 1 aliphatic rings. The Labute approximate surface area is 220 Å². The van der Waals surface area contributed by atoms with Gasteiger partial charge in [0.15, 0.2) is 0 Å². The minimum Gasteiger partial charge on any atom is -0.444 e. The number of ketones is 1. The lowest BCUT2D eigenvalue weighted by Gasteiger charge is -2.32. The molecule has 0 bridgehead atoms. The molecule has 0 aromatic heterocycles. The van der Waals surface area contributed by atoms with Gasteiger partial charge >= 0.3 is 6.09 Å². The molecule has 1 aromatic carbocycles. The van der Waals surface area contributed by atoms with Crippen LogP contribution in [0.5, 0.6) is 0 Å². The Morgan fingerprint density at radius 2 is 1.73 bits per heavy atom. The molecule has 2 atom stereocenters. The molecular weight excluding hydrogens is 474 g/mol. The highest BCUT2D eigenvalue weighted by molar-refractivity contribution is 6.38. The zero-order chi connectivity index (χ0) is 27.4. The Balaban J connectivity index is 2.03. The summed E-state index contributed by atoms with van der Waals surface area (Å²) in [6.45, 7) is 10.5. The summed E-state index contributed by atoms with van der Waals surface area (Å²) >= 11 is 0. The molecule has 0 saturated carbocycles. The highest BCUT2D eigenvalue weighted by Gasteiger charge is 2.39. The van der Waals surface area contributed by atoms with Crippen molar-refractivity contribution in [1.82, 2.24) is 20.0 Å². The number of amides is 3. The molecular formula is C27H43N5O5. The Hall–Kier alpha value is -2.82. The van der Waals surface area contributed by atoms with E-state index in [9.17, 15) is 19.2 Å². The second kappa shape index (κ2) is 15.4. The summed E-state index contributed by atoms with van der Waals surface area (Å²) in [6.07, 6.45) is 0.0927. The van der Waals surface area contributed by atoms with Gasteiger partial charge in [0.05, 0.1) is 6.04 Å². The Bertz CT molecular complexity index is 886. The van der Waals surface area contributed by atoms with Crippen molar-refractivity contribution in [3.63, 3.8) is 0 Å². The van der Waals surface area contributed by atoms with Gasteiger partial charge in [0.25, 0.3) is 5.91 Å². The number of Topliss-reactive ketones (excluding diaryl/α,β-unsaturated/α-hetero) is 1. The van der Waals surface area contributed by atoms with Crippen LogP contribution in [0.15, 0.2) is 30.3 Å². The number of carbonyl (C=O) groups excluding carboxylic acids is 4. The summed E-state index contributed by atoms with van der Waals surface area (Å²) in [7, 11) is 2.09. The van der Waals surface area contributed by atoms with Crippen LogP contribution in [0.1, 0.15) is 45.6 Å². The number of benzene rings is 1. The third-order valence-electron chi connectivity index (χ3n) is 6.44. The molecule has 37 heavy (non-hydrogen) atoms. The van der Waals surface area contributed by atoms with Crippen molar-refractivity contribution in [2.45, 2.75) is 58.7 Å². The SMILES string of the molecule is CCC(C(=O)C(=O)NCCCN1CCN(C)CC1)N(C(=O)OCc1ccccc1)C(=O)[C@@H](N)CC(C)C. The second-order valence-corrected chi connectivity index (χ2v) is 10.0. The van der Waals surface area contributed by atoms with Crippen LogP contribution >= 0.6 is 0 Å². The van der Waals surface area contributed by atoms with Gasteiger partial charge in [0, 0.05) is 32.7 Å². The first-order chi connectivity index (χ1) is 17.6. The maximum absolute atomic E-state index is 13.2. The minimum atomic E-state index is -1.30. The molecule has 1 fully saturated rings. The number of likely N-dealkylation sites (N-methyl/N-ethyl adjacent to an activating group) is 1. The molecule has 1 aliphatic heterocycles. The van der Waals surface area contributed by atoms with E-state index < -0.39 is 35.8 Å². The molecule has 3 N–H and O–H groups in total. The molecule has 1 saturated heterocycles. The quantitative estimate of drug-likeness (QED) is 0.299. The van der Waals surface area contributed by atoms with E-state index in [-0.39, 0.29) is 18.9 Å². The normalized spacial score (nSPS) is 16.2. The Morgan fingerprint density at radius 1 is 1.08 bits per heavy atom. The highest BCUT2D eigenvalue weighted by atomic mass is 16.6. The summed E-state index contributed by atoms with van der Waals surface area (Å²) in [5, 5.41) is 2.65. The smallest absolute Gasteiger partial charge is 0.417 e. The number of nitrogens with two attached hydrogens (primary N) is 1. The zero-order valence-corrected chi connectivity index (χ0v) is 22.7. The fourth-order valence-electron chi connectivity index (χ4n) is 4.25. The molecule has 1 aromatic rings. The van der Waals surface area contributed by atoms with Crippen molar-refractivity contribution in [3.8, 4) is 0 Å². The number of nitrogens with one attached hydrogen (secondary N) is 1. The second-order valence-electron chi connectivity index (χ2n) is 10.0. The van der Waals surface area contributed by atoms with Crippen molar-refractivity contribution in [2.24, 2.45) is 11.7 Å². The van der Waals surface area contributed by atoms with Gasteiger partial charge in [-0.3, -0.25) is 14.4 Å². The number of rotatable bonds is 13. The first-order valence-electron chi connectivity index (χ1n) is 13.2. The number of hydrogen-bond donors (Lipinski definition) is 2. The average Bonchev–Trinajstić information content (AvgIpc) is 2.88. The maximum atomic E-state index is 13.2. The molecule has 1 heterocycles. The van der Waals surface area contributed by atoms with Crippen LogP contribution < -0.4 is 11.1 Å². The summed E-state index contributed by atoms with van der Waals surface area (Å²) in [6, 6.07) is 6.70. The number of piperazine rings is 1. The Kier molecular flexibility index (Phi) is 12.7. The fraction of sp³-hybridized carbons (Fsp3) is 0.630. The maximum Gasteiger partial charge on any atom is 0.417 e. The predicted octanol–water partition coefficient (Wildman–Crippen LogP) is 1.63. The molecule has 206 valence electrons. The summed E-state index contributed by atoms with van der Waals surface area (Å²) in [5.41, 5.74) is 6.82. The predicted molar refractivity (Wildman–Crippen MR) is 142 cm³/mol. The molecule has 0 spiro atoms. The summed E-state index contributed by atoms with van der Waals surface area (Å²) in [5.74, 6) is -2.31. The molecule has 2 rings (SSSR count). The number of nitrogens with zero attached hydrogens (tertiary/aromatic N) is 3. The van der Waals surface area contributed by atoms with Crippen molar-refractivity contribution < 1.29 is 23.9 Å². The summed E-state index contributed by atoms with van der Waals surface area (Å²) < 4.78 is 5.37. The van der Waals surface area contributed by atoms with Crippen molar-refractivity contribution in [2.75, 3.05) is 46.3 Å². The number of hydrogen-bond acceptors (Lipinski definition) is 8. The van der Waals surface area contributed by atoms with Gasteiger partial charge in [-0.05, 0) is 44.3 Å². The molecule has 0 radical (unpaired) electrons. The van der Waals surface area contributed by atoms with Crippen LogP contribution in [0.2, 0.25) is 0 Å². The standard InChI is InChI=1S/C27H43N5O5/c1-5-23(24(33)25(34)29-12-9-13-31-16-14-30(4)15-17-31)32(26(35)22(28)18-20(2)3)27(36)37-19-21-10-7-6-8-11-21/h6-8,10-11,20,22-23H,5,9,12-19,28H2,1-4H3,(H,29,34)/t22-,23?/m0/s1. The van der Waals surface area contributed by atoms with Crippen molar-refractivity contribution in [3.05, 3.63) is 35.9 Å². The molecule has 10 nitrogen and oxygen atoms in total. The van der Waals surface area contributed by atoms with Gasteiger partial charge in [-0.2, -0.15) is 0 Å². The van der Waals surface area contributed by atoms with Crippen LogP contribution in [0.4, 0.5) is 4.79 Å². The molecule has 10 heteroatoms. The average molecular weight is 518 g/mol. The first-order valence-corrected chi connectivity index (χ1v) is 13.2. The van der Waals surface area contributed by atoms with Crippen LogP contribution in [0, 0.1) is 5.92 Å². The molecule has 1 unspecified atom stereocenters. The number of ether oxygens (including phenoxy) is 1. The fourth-order valence-corrected chi connectivity index (χ4v) is 4.25. The molecule has 0 aliphatic carbocycles. The minimum absolute atomic E-state index is 0.0636. The highest BCUT2D eigenvalue weighted by Crippen LogP contribution is 2.15. The van der Waals surface area contributed by atoms with Gasteiger partial charge in [0.2, 0.25) is 11.7 Å². The van der Waals surface area contributed by atoms with Crippen LogP contribution in [0.3, 0.4) is 0 Å². The lowest BCUT2D eigenvalue weighted by molar-refractivity contribution is -0.145.